The molecule has 3 aromatic carbocycles. The van der Waals surface area contributed by atoms with Crippen molar-refractivity contribution >= 4 is 18.4 Å². The summed E-state index contributed by atoms with van der Waals surface area (Å²) in [7, 11) is 0. The van der Waals surface area contributed by atoms with Crippen molar-refractivity contribution < 1.29 is 4.74 Å². The van der Waals surface area contributed by atoms with Crippen LogP contribution in [-0.4, -0.2) is 35.6 Å². The molecule has 0 bridgehead atoms. The maximum absolute atomic E-state index is 6.98. The summed E-state index contributed by atoms with van der Waals surface area (Å²) in [5.74, 6) is 0. The van der Waals surface area contributed by atoms with Crippen molar-refractivity contribution in [3.05, 3.63) is 108 Å². The number of nitrogens with one attached hydrogen (secondary N) is 1. The van der Waals surface area contributed by atoms with Crippen LogP contribution in [0.15, 0.2) is 91.0 Å². The van der Waals surface area contributed by atoms with E-state index in [1.54, 1.807) is 0 Å². The van der Waals surface area contributed by atoms with E-state index in [1.165, 1.54) is 68.5 Å². The molecule has 2 nitrogen and oxygen atoms in total. The zero-order valence-corrected chi connectivity index (χ0v) is 28.0. The molecule has 0 aromatic heterocycles. The van der Waals surface area contributed by atoms with Crippen LogP contribution in [-0.2, 0) is 10.3 Å². The van der Waals surface area contributed by atoms with E-state index in [0.717, 1.165) is 17.6 Å². The Morgan fingerprint density at radius 1 is 0.615 bits per heavy atom. The summed E-state index contributed by atoms with van der Waals surface area (Å²) in [5.41, 5.74) is 3.35. The number of rotatable bonds is 19. The van der Waals surface area contributed by atoms with Gasteiger partial charge in [-0.2, -0.15) is 0 Å². The molecule has 0 amide bonds. The normalized spacial score (nSPS) is 12.9. The third-order valence-electron chi connectivity index (χ3n) is 8.48. The molecule has 0 saturated carbocycles. The molecule has 0 spiro atoms. The van der Waals surface area contributed by atoms with E-state index >= 15 is 0 Å². The second-order valence-electron chi connectivity index (χ2n) is 11.4. The summed E-state index contributed by atoms with van der Waals surface area (Å²) in [6, 6.07) is 32.8. The van der Waals surface area contributed by atoms with Gasteiger partial charge >= 0.3 is 245 Å². The topological polar surface area (TPSA) is 21.3 Å². The van der Waals surface area contributed by atoms with Gasteiger partial charge in [0.15, 0.2) is 0 Å². The van der Waals surface area contributed by atoms with Crippen molar-refractivity contribution in [3.8, 4) is 0 Å². The molecule has 0 aliphatic heterocycles. The molecule has 0 fully saturated rings. The van der Waals surface area contributed by atoms with Crippen molar-refractivity contribution in [2.75, 3.05) is 11.2 Å². The van der Waals surface area contributed by atoms with Crippen LogP contribution < -0.4 is 5.32 Å². The molecule has 212 valence electrons. The van der Waals surface area contributed by atoms with Crippen LogP contribution in [0.4, 0.5) is 0 Å². The monoisotopic (exact) mass is 635 g/mol. The predicted molar refractivity (Wildman–Crippen MR) is 172 cm³/mol. The van der Waals surface area contributed by atoms with E-state index in [4.69, 9.17) is 4.74 Å². The van der Waals surface area contributed by atoms with Gasteiger partial charge < -0.3 is 0 Å². The van der Waals surface area contributed by atoms with Crippen LogP contribution >= 0.6 is 0 Å². The Morgan fingerprint density at radius 3 is 1.33 bits per heavy atom. The number of benzene rings is 3. The molecular formula is C36H53NOSn. The van der Waals surface area contributed by atoms with Crippen LogP contribution in [0.3, 0.4) is 0 Å². The summed E-state index contributed by atoms with van der Waals surface area (Å²) in [6.45, 7) is 10.2. The number of hydrogen-bond acceptors (Lipinski definition) is 2. The number of ether oxygens (including phenoxy) is 1. The van der Waals surface area contributed by atoms with Crippen molar-refractivity contribution in [2.24, 2.45) is 0 Å². The molecule has 0 aliphatic rings. The molecule has 3 aromatic rings. The van der Waals surface area contributed by atoms with Crippen molar-refractivity contribution in [3.63, 3.8) is 0 Å². The fraction of sp³-hybridized carbons (Fsp3) is 0.500. The second kappa shape index (κ2) is 17.2. The zero-order chi connectivity index (χ0) is 27.8. The average Bonchev–Trinajstić information content (AvgIpc) is 3.01. The Morgan fingerprint density at radius 2 is 1.00 bits per heavy atom. The molecule has 3 rings (SSSR count). The third kappa shape index (κ3) is 8.93. The Labute approximate surface area is 243 Å². The number of hydrogen-bond donors (Lipinski definition) is 1. The Kier molecular flexibility index (Phi) is 14.1. The molecule has 0 aliphatic carbocycles. The Bertz CT molecular complexity index is 905. The maximum atomic E-state index is 6.98. The van der Waals surface area contributed by atoms with Gasteiger partial charge in [-0.05, 0) is 0 Å². The first-order chi connectivity index (χ1) is 19.1. The molecule has 1 unspecified atom stereocenters. The van der Waals surface area contributed by atoms with Gasteiger partial charge in [-0.25, -0.2) is 0 Å². The van der Waals surface area contributed by atoms with Gasteiger partial charge in [0.25, 0.3) is 0 Å². The Balaban J connectivity index is 1.90. The summed E-state index contributed by atoms with van der Waals surface area (Å²) < 4.78 is 12.6. The predicted octanol–water partition coefficient (Wildman–Crippen LogP) is 9.75. The second-order valence-corrected chi connectivity index (χ2v) is 25.0. The van der Waals surface area contributed by atoms with Gasteiger partial charge in [-0.15, -0.1) is 0 Å². The molecule has 1 atom stereocenters. The van der Waals surface area contributed by atoms with E-state index in [0.29, 0.717) is 0 Å². The van der Waals surface area contributed by atoms with E-state index in [1.807, 2.05) is 0 Å². The molecule has 39 heavy (non-hydrogen) atoms. The quantitative estimate of drug-likeness (QED) is 0.105. The molecule has 3 heteroatoms. The molecule has 0 radical (unpaired) electrons. The van der Waals surface area contributed by atoms with E-state index < -0.39 is 23.9 Å². The molecule has 0 heterocycles. The van der Waals surface area contributed by atoms with Crippen LogP contribution in [0.25, 0.3) is 0 Å². The van der Waals surface area contributed by atoms with Gasteiger partial charge in [0.2, 0.25) is 0 Å². The van der Waals surface area contributed by atoms with Gasteiger partial charge in [-0.1, -0.05) is 0 Å². The first-order valence-electron chi connectivity index (χ1n) is 15.7. The zero-order valence-electron chi connectivity index (χ0n) is 25.1. The van der Waals surface area contributed by atoms with Crippen LogP contribution in [0.2, 0.25) is 13.3 Å². The van der Waals surface area contributed by atoms with E-state index in [9.17, 15) is 0 Å². The average molecular weight is 635 g/mol. The Hall–Kier alpha value is -1.62. The minimum absolute atomic E-state index is 0.210. The van der Waals surface area contributed by atoms with Crippen LogP contribution in [0, 0.1) is 0 Å². The van der Waals surface area contributed by atoms with E-state index in [2.05, 4.69) is 124 Å². The summed E-state index contributed by atoms with van der Waals surface area (Å²) in [5, 5.41) is 4.10. The standard InChI is InChI=1S/C24H26NO.3C4H9.Sn/c1-3-23(26-2)19-25-24(20-13-7-4-8-14-20,21-15-9-5-10-16-21)22-17-11-6-12-18-22;3*1-3-4-2;/h4-18,23,25H,2-3,19H2,1H3;3*1,3-4H2,2H3;. The summed E-state index contributed by atoms with van der Waals surface area (Å²) in [4.78, 5) is 0. The van der Waals surface area contributed by atoms with Gasteiger partial charge in [0, 0.05) is 0 Å². The van der Waals surface area contributed by atoms with Crippen LogP contribution in [0.1, 0.15) is 89.3 Å². The minimum atomic E-state index is -2.36. The van der Waals surface area contributed by atoms with Crippen molar-refractivity contribution in [2.45, 2.75) is 97.6 Å². The third-order valence-corrected chi connectivity index (χ3v) is 22.8. The summed E-state index contributed by atoms with van der Waals surface area (Å²) in [6.07, 6.45) is 9.33. The van der Waals surface area contributed by atoms with Crippen LogP contribution in [0.5, 0.6) is 0 Å². The fourth-order valence-electron chi connectivity index (χ4n) is 6.00. The van der Waals surface area contributed by atoms with Gasteiger partial charge in [0.1, 0.15) is 0 Å². The van der Waals surface area contributed by atoms with Crippen molar-refractivity contribution in [1.82, 2.24) is 5.32 Å². The molecular weight excluding hydrogens is 581 g/mol. The van der Waals surface area contributed by atoms with Gasteiger partial charge in [-0.3, -0.25) is 0 Å². The fourth-order valence-corrected chi connectivity index (χ4v) is 20.5. The first-order valence-corrected chi connectivity index (χ1v) is 23.7. The van der Waals surface area contributed by atoms with Crippen molar-refractivity contribution in [1.29, 1.82) is 0 Å². The first kappa shape index (κ1) is 31.9. The van der Waals surface area contributed by atoms with E-state index in [-0.39, 0.29) is 6.10 Å². The summed E-state index contributed by atoms with van der Waals surface area (Å²) >= 11 is -2.36. The SMILES string of the molecule is CCC[CH2][Sn]([CH2]CCC)([CH2]CCC)[CH2]OC(CC)CNC(c1ccccc1)(c1ccccc1)c1ccccc1. The molecule has 1 N–H and O–H groups in total. The molecule has 0 saturated heterocycles. The number of unbranched alkanes of at least 4 members (excludes halogenated alkanes) is 3. The van der Waals surface area contributed by atoms with Gasteiger partial charge in [0.05, 0.1) is 0 Å².